The van der Waals surface area contributed by atoms with E-state index in [1.165, 1.54) is 44.9 Å². The third-order valence-electron chi connectivity index (χ3n) is 7.09. The Balaban J connectivity index is 1.20. The number of hydrogen-bond acceptors (Lipinski definition) is 9. The Morgan fingerprint density at radius 2 is 1.15 bits per heavy atom. The number of ether oxygens (including phenoxy) is 2. The molecule has 0 bridgehead atoms. The van der Waals surface area contributed by atoms with E-state index in [0.29, 0.717) is 18.1 Å². The lowest BCUT2D eigenvalue weighted by atomic mass is 10.1. The molecule has 2 aromatic rings. The number of esters is 1. The van der Waals surface area contributed by atoms with Crippen LogP contribution in [0.2, 0.25) is 12.6 Å². The van der Waals surface area contributed by atoms with Gasteiger partial charge in [-0.05, 0) is 66.7 Å². The van der Waals surface area contributed by atoms with Crippen molar-refractivity contribution in [1.82, 2.24) is 0 Å². The van der Waals surface area contributed by atoms with E-state index in [4.69, 9.17) is 45.8 Å². The van der Waals surface area contributed by atoms with Crippen molar-refractivity contribution in [1.29, 1.82) is 0 Å². The first-order valence-corrected chi connectivity index (χ1v) is 22.8. The van der Waals surface area contributed by atoms with E-state index in [9.17, 15) is 4.79 Å². The van der Waals surface area contributed by atoms with Gasteiger partial charge in [0.15, 0.2) is 0 Å². The summed E-state index contributed by atoms with van der Waals surface area (Å²) >= 11 is 6.15. The Morgan fingerprint density at radius 1 is 0.696 bits per heavy atom. The molecule has 1 aliphatic rings. The van der Waals surface area contributed by atoms with Crippen LogP contribution in [0, 0.1) is 5.92 Å². The van der Waals surface area contributed by atoms with E-state index in [1.54, 1.807) is 12.1 Å². The molecule has 16 heteroatoms. The summed E-state index contributed by atoms with van der Waals surface area (Å²) in [5.41, 5.74) is 2.12. The molecule has 1 fully saturated rings. The monoisotopic (exact) mass is 750 g/mol. The van der Waals surface area contributed by atoms with Crippen LogP contribution in [0.25, 0.3) is 11.1 Å². The molecule has 9 nitrogen and oxygen atoms in total. The summed E-state index contributed by atoms with van der Waals surface area (Å²) in [7, 11) is -2.72. The second-order valence-corrected chi connectivity index (χ2v) is 20.5. The van der Waals surface area contributed by atoms with Gasteiger partial charge in [-0.1, -0.05) is 89.5 Å². The van der Waals surface area contributed by atoms with Crippen LogP contribution < -0.4 is 9.47 Å². The summed E-state index contributed by atoms with van der Waals surface area (Å²) in [4.78, 5) is 12.2. The number of hydrogen-bond donors (Lipinski definition) is 0. The fraction of sp³-hybridized carbons (Fsp3) is 0.567. The summed E-state index contributed by atoms with van der Waals surface area (Å²) in [6.45, 7) is 6.86. The van der Waals surface area contributed by atoms with Crippen LogP contribution in [0.15, 0.2) is 48.5 Å². The van der Waals surface area contributed by atoms with Gasteiger partial charge in [-0.3, -0.25) is 4.79 Å². The van der Waals surface area contributed by atoms with Crippen LogP contribution in [-0.4, -0.2) is 76.5 Å². The van der Waals surface area contributed by atoms with Gasteiger partial charge in [0.1, 0.15) is 16.9 Å². The molecule has 10 radical (unpaired) electrons. The molecule has 3 rings (SSSR count). The van der Waals surface area contributed by atoms with Crippen molar-refractivity contribution in [2.45, 2.75) is 96.0 Å². The average molecular weight is 752 g/mol. The van der Waals surface area contributed by atoms with Gasteiger partial charge >= 0.3 is 64.6 Å². The molecule has 0 aromatic heterocycles. The molecule has 1 saturated heterocycles. The van der Waals surface area contributed by atoms with E-state index in [2.05, 4.69) is 6.55 Å². The van der Waals surface area contributed by atoms with Crippen molar-refractivity contribution in [3.63, 3.8) is 0 Å². The third kappa shape index (κ3) is 16.9. The van der Waals surface area contributed by atoms with Gasteiger partial charge < -0.3 is 34.2 Å². The summed E-state index contributed by atoms with van der Waals surface area (Å²) in [5.74, 6) is 1.30. The minimum absolute atomic E-state index is 0.0761. The second kappa shape index (κ2) is 23.4. The zero-order chi connectivity index (χ0) is 32.9. The standard InChI is InChI=1S/C30H43ClO9Si6/c1-24(2)23-29(31)30(32)34-28-19-15-26(16-20-28)25-13-17-27(18-14-25)33-21-11-9-7-5-4-6-8-10-12-22-46(3)39-44-37-42-35-41-36-43-38-45-40-46/h13-20,24,29H,4-12,21-23H2,1-3H3. The summed E-state index contributed by atoms with van der Waals surface area (Å²) < 4.78 is 44.6. The fourth-order valence-electron chi connectivity index (χ4n) is 4.60. The molecule has 1 atom stereocenters. The average Bonchev–Trinajstić information content (AvgIpc) is 3.04. The molecule has 2 aromatic carbocycles. The lowest BCUT2D eigenvalue weighted by Crippen LogP contribution is -2.43. The molecule has 0 saturated carbocycles. The minimum Gasteiger partial charge on any atom is -0.494 e. The molecule has 1 unspecified atom stereocenters. The molecule has 0 amide bonds. The maximum absolute atomic E-state index is 12.2. The van der Waals surface area contributed by atoms with Gasteiger partial charge in [0.25, 0.3) is 0 Å². The highest BCUT2D eigenvalue weighted by molar-refractivity contribution is 6.74. The fourth-order valence-corrected chi connectivity index (χ4v) is 11.9. The maximum Gasteiger partial charge on any atom is 0.412 e. The molecule has 46 heavy (non-hydrogen) atoms. The van der Waals surface area contributed by atoms with Crippen molar-refractivity contribution in [2.24, 2.45) is 5.92 Å². The zero-order valence-electron chi connectivity index (χ0n) is 26.8. The van der Waals surface area contributed by atoms with E-state index in [1.807, 2.05) is 50.2 Å². The summed E-state index contributed by atoms with van der Waals surface area (Å²) in [5, 5.41) is -0.635. The van der Waals surface area contributed by atoms with Crippen LogP contribution >= 0.6 is 11.6 Å². The highest BCUT2D eigenvalue weighted by Crippen LogP contribution is 2.26. The highest BCUT2D eigenvalue weighted by atomic mass is 35.5. The summed E-state index contributed by atoms with van der Waals surface area (Å²) in [6, 6.07) is 16.5. The molecule has 1 heterocycles. The molecular formula is C30H43ClO9Si6. The van der Waals surface area contributed by atoms with Crippen molar-refractivity contribution < 1.29 is 39.0 Å². The van der Waals surface area contributed by atoms with E-state index < -0.39 is 19.9 Å². The normalized spacial score (nSPS) is 16.7. The minimum atomic E-state index is -2.32. The number of alkyl halides is 1. The molecule has 0 spiro atoms. The first-order valence-electron chi connectivity index (χ1n) is 15.8. The lowest BCUT2D eigenvalue weighted by Gasteiger charge is -2.26. The number of carbonyl (C=O) groups excluding carboxylic acids is 1. The largest absolute Gasteiger partial charge is 0.494 e. The van der Waals surface area contributed by atoms with Crippen molar-refractivity contribution in [3.8, 4) is 22.6 Å². The first kappa shape index (κ1) is 39.5. The quantitative estimate of drug-likeness (QED) is 0.0546. The van der Waals surface area contributed by atoms with Gasteiger partial charge in [0.2, 0.25) is 0 Å². The van der Waals surface area contributed by atoms with Crippen LogP contribution in [0.3, 0.4) is 0 Å². The molecule has 0 aliphatic carbocycles. The van der Waals surface area contributed by atoms with Crippen LogP contribution in [0.4, 0.5) is 0 Å². The summed E-state index contributed by atoms with van der Waals surface area (Å²) in [6.07, 6.45) is 11.4. The Labute approximate surface area is 293 Å². The SMILES string of the molecule is CC(C)CC(Cl)C(=O)Oc1ccc(-c2ccc(OCCCCCCCCCCC[Si]3(C)O[Si]O[Si]O[Si]O[Si]O[Si]O3)cc2)cc1. The Hall–Kier alpha value is -0.939. The first-order chi connectivity index (χ1) is 22.3. The topological polar surface area (TPSA) is 90.9 Å². The number of halogens is 1. The van der Waals surface area contributed by atoms with Crippen LogP contribution in [-0.2, 0) is 29.5 Å². The molecular weight excluding hydrogens is 708 g/mol. The number of rotatable bonds is 18. The lowest BCUT2D eigenvalue weighted by molar-refractivity contribution is -0.134. The van der Waals surface area contributed by atoms with E-state index in [-0.39, 0.29) is 50.0 Å². The second-order valence-electron chi connectivity index (χ2n) is 11.5. The maximum atomic E-state index is 12.2. The molecule has 248 valence electrons. The van der Waals surface area contributed by atoms with Crippen LogP contribution in [0.1, 0.15) is 78.1 Å². The Bertz CT molecular complexity index is 1090. The number of benzene rings is 2. The molecule has 0 N–H and O–H groups in total. The number of unbranched alkanes of at least 4 members (excludes halogenated alkanes) is 8. The van der Waals surface area contributed by atoms with Gasteiger partial charge in [-0.25, -0.2) is 0 Å². The van der Waals surface area contributed by atoms with Gasteiger partial charge in [0, 0.05) is 0 Å². The number of carbonyl (C=O) groups is 1. The predicted molar refractivity (Wildman–Crippen MR) is 185 cm³/mol. The van der Waals surface area contributed by atoms with Gasteiger partial charge in [-0.15, -0.1) is 11.6 Å². The van der Waals surface area contributed by atoms with Crippen molar-refractivity contribution in [2.75, 3.05) is 6.61 Å². The van der Waals surface area contributed by atoms with Crippen LogP contribution in [0.5, 0.6) is 11.5 Å². The predicted octanol–water partition coefficient (Wildman–Crippen LogP) is 6.66. The van der Waals surface area contributed by atoms with E-state index in [0.717, 1.165) is 42.4 Å². The van der Waals surface area contributed by atoms with Gasteiger partial charge in [0.05, 0.1) is 6.61 Å². The highest BCUT2D eigenvalue weighted by Gasteiger charge is 2.32. The van der Waals surface area contributed by atoms with Crippen molar-refractivity contribution >= 4 is 76.2 Å². The zero-order valence-corrected chi connectivity index (χ0v) is 33.6. The van der Waals surface area contributed by atoms with E-state index >= 15 is 0 Å². The van der Waals surface area contributed by atoms with Gasteiger partial charge in [-0.2, -0.15) is 0 Å². The molecule has 1 aliphatic heterocycles. The third-order valence-corrected chi connectivity index (χ3v) is 15.5. The Morgan fingerprint density at radius 3 is 1.67 bits per heavy atom. The smallest absolute Gasteiger partial charge is 0.412 e. The Kier molecular flexibility index (Phi) is 20.1. The van der Waals surface area contributed by atoms with Crippen molar-refractivity contribution in [3.05, 3.63) is 48.5 Å².